The minimum absolute atomic E-state index is 0.0510. The van der Waals surface area contributed by atoms with Gasteiger partial charge in [0.1, 0.15) is 17.5 Å². The number of hydrogen-bond acceptors (Lipinski definition) is 4. The van der Waals surface area contributed by atoms with E-state index < -0.39 is 17.8 Å². The summed E-state index contributed by atoms with van der Waals surface area (Å²) < 4.78 is 6.00. The van der Waals surface area contributed by atoms with Crippen molar-refractivity contribution in [3.63, 3.8) is 0 Å². The van der Waals surface area contributed by atoms with Crippen LogP contribution in [0.3, 0.4) is 0 Å². The highest BCUT2D eigenvalue weighted by Crippen LogP contribution is 2.44. The predicted octanol–water partition coefficient (Wildman–Crippen LogP) is 2.41. The van der Waals surface area contributed by atoms with Gasteiger partial charge in [-0.2, -0.15) is 0 Å². The zero-order chi connectivity index (χ0) is 15.2. The number of benzene rings is 1. The second-order valence-corrected chi connectivity index (χ2v) is 6.81. The maximum atomic E-state index is 10.8. The maximum absolute atomic E-state index is 10.8. The summed E-state index contributed by atoms with van der Waals surface area (Å²) in [4.78, 5) is 2.35. The van der Waals surface area contributed by atoms with Crippen molar-refractivity contribution in [3.05, 3.63) is 29.3 Å². The molecule has 2 heterocycles. The van der Waals surface area contributed by atoms with Gasteiger partial charge in [0, 0.05) is 5.56 Å². The predicted molar refractivity (Wildman–Crippen MR) is 81.3 cm³/mol. The summed E-state index contributed by atoms with van der Waals surface area (Å²) in [6, 6.07) is 5.76. The van der Waals surface area contributed by atoms with E-state index in [1.807, 2.05) is 32.0 Å². The zero-order valence-electron chi connectivity index (χ0n) is 13.0. The molecule has 116 valence electrons. The number of hydrogen-bond donors (Lipinski definition) is 2. The third kappa shape index (κ3) is 2.56. The number of nitrogens with zero attached hydrogens (tertiary/aromatic N) is 1. The van der Waals surface area contributed by atoms with Crippen LogP contribution in [0, 0.1) is 0 Å². The first kappa shape index (κ1) is 14.8. The van der Waals surface area contributed by atoms with Crippen LogP contribution in [-0.2, 0) is 0 Å². The normalized spacial score (nSPS) is 29.8. The van der Waals surface area contributed by atoms with Crippen LogP contribution < -0.4 is 4.74 Å². The molecule has 1 aromatic rings. The highest BCUT2D eigenvalue weighted by atomic mass is 16.5. The van der Waals surface area contributed by atoms with Crippen molar-refractivity contribution in [1.82, 2.24) is 4.90 Å². The van der Waals surface area contributed by atoms with Gasteiger partial charge in [-0.3, -0.25) is 4.90 Å². The molecule has 4 heteroatoms. The molecular weight excluding hydrogens is 266 g/mol. The molecule has 0 aliphatic carbocycles. The van der Waals surface area contributed by atoms with E-state index in [4.69, 9.17) is 4.74 Å². The molecule has 3 rings (SSSR count). The Morgan fingerprint density at radius 3 is 2.57 bits per heavy atom. The number of ether oxygens (including phenoxy) is 1. The van der Waals surface area contributed by atoms with Crippen molar-refractivity contribution in [2.75, 3.05) is 13.1 Å². The lowest BCUT2D eigenvalue weighted by Gasteiger charge is -2.45. The fourth-order valence-electron chi connectivity index (χ4n) is 3.46. The third-order valence-corrected chi connectivity index (χ3v) is 4.75. The van der Waals surface area contributed by atoms with Gasteiger partial charge >= 0.3 is 0 Å². The number of aliphatic hydroxyl groups excluding tert-OH is 2. The quantitative estimate of drug-likeness (QED) is 0.878. The molecule has 4 nitrogen and oxygen atoms in total. The Labute approximate surface area is 126 Å². The van der Waals surface area contributed by atoms with Gasteiger partial charge in [0.05, 0.1) is 12.1 Å². The van der Waals surface area contributed by atoms with E-state index in [1.165, 1.54) is 12.8 Å². The van der Waals surface area contributed by atoms with E-state index in [-0.39, 0.29) is 6.04 Å². The molecule has 2 N–H and O–H groups in total. The number of likely N-dealkylation sites (tertiary alicyclic amines) is 1. The summed E-state index contributed by atoms with van der Waals surface area (Å²) in [6.07, 6.45) is 1.26. The smallest absolute Gasteiger partial charge is 0.131 e. The first-order chi connectivity index (χ1) is 9.90. The van der Waals surface area contributed by atoms with Crippen LogP contribution in [0.25, 0.3) is 0 Å². The maximum Gasteiger partial charge on any atom is 0.131 e. The number of aliphatic hydroxyl groups is 2. The SMILES string of the molecule is CC(O)c1ccc2c(c1)C(N1CCCC1)C(O)C(C)(C)O2. The monoisotopic (exact) mass is 291 g/mol. The Morgan fingerprint density at radius 1 is 1.29 bits per heavy atom. The Morgan fingerprint density at radius 2 is 1.95 bits per heavy atom. The second-order valence-electron chi connectivity index (χ2n) is 6.81. The van der Waals surface area contributed by atoms with Gasteiger partial charge in [-0.1, -0.05) is 6.07 Å². The van der Waals surface area contributed by atoms with Crippen molar-refractivity contribution in [2.24, 2.45) is 0 Å². The highest BCUT2D eigenvalue weighted by molar-refractivity contribution is 5.43. The fraction of sp³-hybridized carbons (Fsp3) is 0.647. The molecule has 1 fully saturated rings. The number of fused-ring (bicyclic) bond motifs is 1. The van der Waals surface area contributed by atoms with Crippen molar-refractivity contribution < 1.29 is 14.9 Å². The Balaban J connectivity index is 2.06. The molecule has 3 unspecified atom stereocenters. The van der Waals surface area contributed by atoms with Gasteiger partial charge < -0.3 is 14.9 Å². The molecule has 21 heavy (non-hydrogen) atoms. The molecule has 2 aliphatic rings. The van der Waals surface area contributed by atoms with E-state index in [0.29, 0.717) is 0 Å². The Bertz CT molecular complexity index is 521. The Kier molecular flexibility index (Phi) is 3.72. The lowest BCUT2D eigenvalue weighted by atomic mass is 9.84. The topological polar surface area (TPSA) is 52.9 Å². The van der Waals surface area contributed by atoms with Crippen molar-refractivity contribution in [1.29, 1.82) is 0 Å². The Hall–Kier alpha value is -1.10. The zero-order valence-corrected chi connectivity index (χ0v) is 13.0. The molecule has 3 atom stereocenters. The van der Waals surface area contributed by atoms with Crippen LogP contribution >= 0.6 is 0 Å². The molecule has 1 aromatic carbocycles. The van der Waals surface area contributed by atoms with Gasteiger partial charge in [0.25, 0.3) is 0 Å². The minimum Gasteiger partial charge on any atom is -0.485 e. The largest absolute Gasteiger partial charge is 0.485 e. The van der Waals surface area contributed by atoms with Gasteiger partial charge in [-0.25, -0.2) is 0 Å². The van der Waals surface area contributed by atoms with Crippen LogP contribution in [0.2, 0.25) is 0 Å². The first-order valence-electron chi connectivity index (χ1n) is 7.83. The molecule has 2 aliphatic heterocycles. The van der Waals surface area contributed by atoms with E-state index in [9.17, 15) is 10.2 Å². The standard InChI is InChI=1S/C17H25NO3/c1-11(19)12-6-7-14-13(10-12)15(18-8-4-5-9-18)16(20)17(2,3)21-14/h6-7,10-11,15-16,19-20H,4-5,8-9H2,1-3H3. The molecule has 0 aromatic heterocycles. The van der Waals surface area contributed by atoms with E-state index in [2.05, 4.69) is 4.90 Å². The highest BCUT2D eigenvalue weighted by Gasteiger charge is 2.45. The molecular formula is C17H25NO3. The van der Waals surface area contributed by atoms with Crippen molar-refractivity contribution >= 4 is 0 Å². The summed E-state index contributed by atoms with van der Waals surface area (Å²) in [7, 11) is 0. The van der Waals surface area contributed by atoms with E-state index in [1.54, 1.807) is 6.92 Å². The lowest BCUT2D eigenvalue weighted by molar-refractivity contribution is -0.0896. The molecule has 0 radical (unpaired) electrons. The summed E-state index contributed by atoms with van der Waals surface area (Å²) >= 11 is 0. The molecule has 0 spiro atoms. The van der Waals surface area contributed by atoms with Crippen molar-refractivity contribution in [3.8, 4) is 5.75 Å². The van der Waals surface area contributed by atoms with Crippen LogP contribution in [0.4, 0.5) is 0 Å². The van der Waals surface area contributed by atoms with E-state index >= 15 is 0 Å². The summed E-state index contributed by atoms with van der Waals surface area (Å²) in [6.45, 7) is 7.65. The first-order valence-corrected chi connectivity index (χ1v) is 7.83. The summed E-state index contributed by atoms with van der Waals surface area (Å²) in [5.74, 6) is 0.826. The summed E-state index contributed by atoms with van der Waals surface area (Å²) in [5, 5.41) is 20.6. The molecule has 0 amide bonds. The van der Waals surface area contributed by atoms with Crippen LogP contribution in [0.5, 0.6) is 5.75 Å². The average Bonchev–Trinajstić information content (AvgIpc) is 2.93. The minimum atomic E-state index is -0.605. The van der Waals surface area contributed by atoms with Gasteiger partial charge in [-0.05, 0) is 64.4 Å². The molecule has 0 bridgehead atoms. The van der Waals surface area contributed by atoms with Crippen LogP contribution in [0.1, 0.15) is 56.9 Å². The van der Waals surface area contributed by atoms with Gasteiger partial charge in [0.2, 0.25) is 0 Å². The average molecular weight is 291 g/mol. The van der Waals surface area contributed by atoms with Crippen LogP contribution in [0.15, 0.2) is 18.2 Å². The third-order valence-electron chi connectivity index (χ3n) is 4.75. The molecule has 1 saturated heterocycles. The summed E-state index contributed by atoms with van der Waals surface area (Å²) in [5.41, 5.74) is 1.27. The van der Waals surface area contributed by atoms with Crippen molar-refractivity contribution in [2.45, 2.75) is 57.5 Å². The van der Waals surface area contributed by atoms with Gasteiger partial charge in [-0.15, -0.1) is 0 Å². The van der Waals surface area contributed by atoms with Crippen LogP contribution in [-0.4, -0.2) is 39.9 Å². The lowest BCUT2D eigenvalue weighted by Crippen LogP contribution is -2.53. The fourth-order valence-corrected chi connectivity index (χ4v) is 3.46. The number of rotatable bonds is 2. The van der Waals surface area contributed by atoms with E-state index in [0.717, 1.165) is 30.0 Å². The second kappa shape index (κ2) is 5.27. The molecule has 0 saturated carbocycles. The van der Waals surface area contributed by atoms with Gasteiger partial charge in [0.15, 0.2) is 0 Å².